The quantitative estimate of drug-likeness (QED) is 0.754. The number of unbranched alkanes of at least 4 members (excludes halogenated alkanes) is 2. The smallest absolute Gasteiger partial charge is 0.361 e. The molecular formula is C10H15NO4. The molecule has 1 rings (SSSR count). The molecular weight excluding hydrogens is 198 g/mol. The Labute approximate surface area is 87.3 Å². The Hall–Kier alpha value is -1.52. The van der Waals surface area contributed by atoms with Crippen LogP contribution in [0.3, 0.4) is 0 Å². The molecule has 0 spiro atoms. The first kappa shape index (κ1) is 11.6. The fourth-order valence-electron chi connectivity index (χ4n) is 1.43. The summed E-state index contributed by atoms with van der Waals surface area (Å²) >= 11 is 0. The van der Waals surface area contributed by atoms with Gasteiger partial charge in [-0.25, -0.2) is 9.59 Å². The van der Waals surface area contributed by atoms with Gasteiger partial charge in [-0.15, -0.1) is 0 Å². The first-order valence-corrected chi connectivity index (χ1v) is 5.02. The number of aromatic nitrogens is 1. The van der Waals surface area contributed by atoms with Gasteiger partial charge in [0.2, 0.25) is 0 Å². The van der Waals surface area contributed by atoms with E-state index in [1.54, 1.807) is 0 Å². The highest BCUT2D eigenvalue weighted by Gasteiger charge is 2.19. The van der Waals surface area contributed by atoms with Crippen LogP contribution in [0.15, 0.2) is 9.32 Å². The van der Waals surface area contributed by atoms with Crippen LogP contribution in [-0.2, 0) is 6.54 Å². The maximum atomic E-state index is 11.1. The monoisotopic (exact) mass is 213 g/mol. The minimum atomic E-state index is -1.12. The molecule has 0 atom stereocenters. The van der Waals surface area contributed by atoms with E-state index < -0.39 is 11.6 Å². The van der Waals surface area contributed by atoms with E-state index in [1.807, 2.05) is 0 Å². The maximum absolute atomic E-state index is 11.1. The molecule has 0 aliphatic carbocycles. The van der Waals surface area contributed by atoms with Crippen molar-refractivity contribution < 1.29 is 14.4 Å². The van der Waals surface area contributed by atoms with Crippen LogP contribution >= 0.6 is 0 Å². The Balaban J connectivity index is 2.92. The normalized spacial score (nSPS) is 10.5. The highest BCUT2D eigenvalue weighted by atomic mass is 16.5. The zero-order valence-electron chi connectivity index (χ0n) is 8.95. The first-order chi connectivity index (χ1) is 7.07. The zero-order chi connectivity index (χ0) is 11.4. The molecule has 0 aliphatic heterocycles. The number of carbonyl (C=O) groups is 1. The highest BCUT2D eigenvalue weighted by molar-refractivity contribution is 5.86. The molecule has 15 heavy (non-hydrogen) atoms. The molecule has 1 heterocycles. The number of hydrogen-bond donors (Lipinski definition) is 1. The number of aromatic carboxylic acids is 1. The van der Waals surface area contributed by atoms with E-state index in [1.165, 1.54) is 11.7 Å². The Kier molecular flexibility index (Phi) is 3.71. The summed E-state index contributed by atoms with van der Waals surface area (Å²) in [4.78, 5) is 22.0. The lowest BCUT2D eigenvalue weighted by atomic mass is 10.2. The summed E-state index contributed by atoms with van der Waals surface area (Å²) in [5.41, 5.74) is -0.431. The number of nitrogens with zero attached hydrogens (tertiary/aromatic N) is 1. The van der Waals surface area contributed by atoms with Gasteiger partial charge in [0.1, 0.15) is 0 Å². The summed E-state index contributed by atoms with van der Waals surface area (Å²) in [6.07, 6.45) is 2.83. The minimum Gasteiger partial charge on any atom is -0.476 e. The second-order valence-corrected chi connectivity index (χ2v) is 3.47. The van der Waals surface area contributed by atoms with Gasteiger partial charge >= 0.3 is 11.6 Å². The van der Waals surface area contributed by atoms with Gasteiger partial charge in [-0.1, -0.05) is 19.8 Å². The van der Waals surface area contributed by atoms with Crippen LogP contribution in [0, 0.1) is 6.92 Å². The zero-order valence-corrected chi connectivity index (χ0v) is 8.95. The molecule has 0 saturated carbocycles. The summed E-state index contributed by atoms with van der Waals surface area (Å²) in [5.74, 6) is -1.12. The minimum absolute atomic E-state index is 0.0314. The molecule has 1 N–H and O–H groups in total. The number of carboxylic acids is 1. The predicted molar refractivity (Wildman–Crippen MR) is 54.2 cm³/mol. The second kappa shape index (κ2) is 4.82. The van der Waals surface area contributed by atoms with Crippen LogP contribution < -0.4 is 5.63 Å². The lowest BCUT2D eigenvalue weighted by Crippen LogP contribution is -2.09. The van der Waals surface area contributed by atoms with Crippen LogP contribution in [-0.4, -0.2) is 15.8 Å². The molecule has 0 fully saturated rings. The molecule has 0 saturated heterocycles. The van der Waals surface area contributed by atoms with Crippen molar-refractivity contribution in [2.75, 3.05) is 0 Å². The molecule has 1 aromatic heterocycles. The first-order valence-electron chi connectivity index (χ1n) is 5.02. The topological polar surface area (TPSA) is 72.4 Å². The summed E-state index contributed by atoms with van der Waals surface area (Å²) in [6.45, 7) is 3.96. The van der Waals surface area contributed by atoms with Gasteiger partial charge in [0.25, 0.3) is 0 Å². The van der Waals surface area contributed by atoms with Crippen molar-refractivity contribution in [3.8, 4) is 0 Å². The molecule has 1 aromatic rings. The van der Waals surface area contributed by atoms with Crippen molar-refractivity contribution >= 4 is 5.97 Å². The van der Waals surface area contributed by atoms with Crippen LogP contribution in [0.4, 0.5) is 0 Å². The summed E-state index contributed by atoms with van der Waals surface area (Å²) in [6, 6.07) is 0. The molecule has 5 nitrogen and oxygen atoms in total. The predicted octanol–water partition coefficient (Wildman–Crippen LogP) is 1.64. The summed E-state index contributed by atoms with van der Waals surface area (Å²) in [7, 11) is 0. The molecule has 84 valence electrons. The lowest BCUT2D eigenvalue weighted by Gasteiger charge is -2.02. The summed E-state index contributed by atoms with van der Waals surface area (Å²) in [5, 5.41) is 8.90. The van der Waals surface area contributed by atoms with Gasteiger partial charge < -0.3 is 9.63 Å². The SMILES string of the molecule is CCCCCn1oc(=O)c(C)c1C(=O)O. The number of aryl methyl sites for hydroxylation is 1. The van der Waals surface area contributed by atoms with Crippen LogP contribution in [0.1, 0.15) is 42.2 Å². The second-order valence-electron chi connectivity index (χ2n) is 3.47. The van der Waals surface area contributed by atoms with Crippen molar-refractivity contribution in [2.24, 2.45) is 0 Å². The fraction of sp³-hybridized carbons (Fsp3) is 0.600. The van der Waals surface area contributed by atoms with Crippen molar-refractivity contribution in [3.63, 3.8) is 0 Å². The van der Waals surface area contributed by atoms with E-state index in [0.29, 0.717) is 6.54 Å². The van der Waals surface area contributed by atoms with Crippen molar-refractivity contribution in [1.29, 1.82) is 0 Å². The van der Waals surface area contributed by atoms with Crippen LogP contribution in [0.25, 0.3) is 0 Å². The molecule has 0 aromatic carbocycles. The van der Waals surface area contributed by atoms with Crippen LogP contribution in [0.5, 0.6) is 0 Å². The third kappa shape index (κ3) is 2.49. The third-order valence-electron chi connectivity index (χ3n) is 2.27. The highest BCUT2D eigenvalue weighted by Crippen LogP contribution is 2.07. The van der Waals surface area contributed by atoms with Crippen molar-refractivity contribution in [1.82, 2.24) is 4.74 Å². The Morgan fingerprint density at radius 2 is 2.13 bits per heavy atom. The van der Waals surface area contributed by atoms with Gasteiger partial charge in [-0.3, -0.25) is 0 Å². The largest absolute Gasteiger partial charge is 0.476 e. The van der Waals surface area contributed by atoms with Crippen molar-refractivity contribution in [3.05, 3.63) is 21.7 Å². The summed E-state index contributed by atoms with van der Waals surface area (Å²) < 4.78 is 6.01. The van der Waals surface area contributed by atoms with E-state index >= 15 is 0 Å². The molecule has 0 radical (unpaired) electrons. The average Bonchev–Trinajstić information content (AvgIpc) is 2.43. The fourth-order valence-corrected chi connectivity index (χ4v) is 1.43. The Bertz CT molecular complexity index is 402. The van der Waals surface area contributed by atoms with Gasteiger partial charge in [-0.2, -0.15) is 4.74 Å². The van der Waals surface area contributed by atoms with E-state index in [9.17, 15) is 9.59 Å². The molecule has 0 amide bonds. The Morgan fingerprint density at radius 1 is 1.47 bits per heavy atom. The maximum Gasteiger partial charge on any atom is 0.361 e. The van der Waals surface area contributed by atoms with Crippen LogP contribution in [0.2, 0.25) is 0 Å². The Morgan fingerprint density at radius 3 is 2.67 bits per heavy atom. The van der Waals surface area contributed by atoms with Gasteiger partial charge in [-0.05, 0) is 13.3 Å². The van der Waals surface area contributed by atoms with Gasteiger partial charge in [0.15, 0.2) is 5.69 Å². The number of carboxylic acid groups (broad SMARTS) is 1. The van der Waals surface area contributed by atoms with Gasteiger partial charge in [0, 0.05) is 0 Å². The molecule has 0 bridgehead atoms. The number of rotatable bonds is 5. The molecule has 0 aliphatic rings. The van der Waals surface area contributed by atoms with Gasteiger partial charge in [0.05, 0.1) is 12.1 Å². The number of hydrogen-bond acceptors (Lipinski definition) is 3. The lowest BCUT2D eigenvalue weighted by molar-refractivity contribution is 0.0666. The van der Waals surface area contributed by atoms with E-state index in [-0.39, 0.29) is 11.3 Å². The molecule has 5 heteroatoms. The van der Waals surface area contributed by atoms with E-state index in [4.69, 9.17) is 9.63 Å². The van der Waals surface area contributed by atoms with E-state index in [0.717, 1.165) is 19.3 Å². The van der Waals surface area contributed by atoms with E-state index in [2.05, 4.69) is 6.92 Å². The third-order valence-corrected chi connectivity index (χ3v) is 2.27. The average molecular weight is 213 g/mol. The molecule has 0 unspecified atom stereocenters. The standard InChI is InChI=1S/C10H15NO4/c1-3-4-5-6-11-8(9(12)13)7(2)10(14)15-11/h3-6H2,1-2H3,(H,12,13). The van der Waals surface area contributed by atoms with Crippen molar-refractivity contribution in [2.45, 2.75) is 39.7 Å².